The monoisotopic (exact) mass is 394 g/mol. The van der Waals surface area contributed by atoms with E-state index in [0.717, 1.165) is 46.1 Å². The molecule has 4 rings (SSSR count). The van der Waals surface area contributed by atoms with Crippen molar-refractivity contribution in [1.82, 2.24) is 0 Å². The Kier molecular flexibility index (Phi) is 11.7. The van der Waals surface area contributed by atoms with Crippen molar-refractivity contribution >= 4 is 0 Å². The highest BCUT2D eigenvalue weighted by Crippen LogP contribution is 2.12. The van der Waals surface area contributed by atoms with Gasteiger partial charge in [0, 0.05) is 0 Å². The first-order valence-electron chi connectivity index (χ1n) is 9.73. The number of hydrogen-bond acceptors (Lipinski definition) is 9. The normalized spacial score (nSPS) is 29.3. The molecular formula is C18H34O9. The quantitative estimate of drug-likeness (QED) is 0.247. The van der Waals surface area contributed by atoms with Crippen LogP contribution in [-0.2, 0) is 33.2 Å². The summed E-state index contributed by atoms with van der Waals surface area (Å²) in [4.78, 5) is 0. The molecule has 0 aliphatic carbocycles. The van der Waals surface area contributed by atoms with Crippen LogP contribution in [0.5, 0.6) is 0 Å². The second-order valence-corrected chi connectivity index (χ2v) is 6.78. The van der Waals surface area contributed by atoms with Crippen molar-refractivity contribution in [2.45, 2.75) is 50.5 Å². The molecule has 4 unspecified atom stereocenters. The van der Waals surface area contributed by atoms with Gasteiger partial charge in [0.25, 0.3) is 0 Å². The summed E-state index contributed by atoms with van der Waals surface area (Å²) in [5, 5.41) is 16.2. The van der Waals surface area contributed by atoms with E-state index in [1.54, 1.807) is 0 Å². The van der Waals surface area contributed by atoms with Crippen molar-refractivity contribution in [3.8, 4) is 0 Å². The topological polar surface area (TPSA) is 118 Å². The van der Waals surface area contributed by atoms with Crippen LogP contribution in [0, 0.1) is 0 Å². The van der Waals surface area contributed by atoms with Gasteiger partial charge >= 0.3 is 0 Å². The van der Waals surface area contributed by atoms with E-state index >= 15 is 0 Å². The highest BCUT2D eigenvalue weighted by molar-refractivity contribution is 4.71. The van der Waals surface area contributed by atoms with Crippen LogP contribution in [-0.4, -0.2) is 107 Å². The van der Waals surface area contributed by atoms with Crippen molar-refractivity contribution in [2.24, 2.45) is 0 Å². The Morgan fingerprint density at radius 3 is 1.26 bits per heavy atom. The molecule has 0 bridgehead atoms. The van der Waals surface area contributed by atoms with Crippen LogP contribution >= 0.6 is 0 Å². The number of hydrogen-bond donors (Lipinski definition) is 2. The molecule has 4 heterocycles. The summed E-state index contributed by atoms with van der Waals surface area (Å²) in [7, 11) is 0. The van der Waals surface area contributed by atoms with Gasteiger partial charge in [-0.25, -0.2) is 0 Å². The fourth-order valence-corrected chi connectivity index (χ4v) is 1.79. The molecule has 9 heteroatoms. The van der Waals surface area contributed by atoms with E-state index < -0.39 is 6.29 Å². The molecule has 0 spiro atoms. The van der Waals surface area contributed by atoms with Crippen molar-refractivity contribution in [1.29, 1.82) is 0 Å². The standard InChI is InChI=1S/C8H14O4.C6H10O3.C4H10O2/c1(9-3-7-5-11-7)2-10-4-8-6-12-8;1(5-3-8-5)7-2-6-4-9-6;1-2-3-4(5)6/h7-8H,1-6H2;5-6H,1-4H2;4-6H,2-3H2,1H3. The largest absolute Gasteiger partial charge is 0.376 e. The van der Waals surface area contributed by atoms with Gasteiger partial charge in [-0.1, -0.05) is 13.3 Å². The number of rotatable bonds is 13. The Labute approximate surface area is 160 Å². The van der Waals surface area contributed by atoms with Crippen molar-refractivity contribution in [2.75, 3.05) is 66.1 Å². The third-order valence-corrected chi connectivity index (χ3v) is 3.74. The number of aliphatic hydroxyl groups is 2. The first-order chi connectivity index (χ1) is 13.2. The van der Waals surface area contributed by atoms with Crippen LogP contribution in [0.15, 0.2) is 0 Å². The Hall–Kier alpha value is -0.360. The first kappa shape index (κ1) is 22.9. The van der Waals surface area contributed by atoms with Gasteiger partial charge in [-0.15, -0.1) is 0 Å². The molecule has 4 saturated heterocycles. The van der Waals surface area contributed by atoms with Gasteiger partial charge in [-0.05, 0) is 6.42 Å². The van der Waals surface area contributed by atoms with Gasteiger partial charge in [0.05, 0.1) is 66.1 Å². The Balaban J connectivity index is 0.000000155. The summed E-state index contributed by atoms with van der Waals surface area (Å²) < 4.78 is 35.6. The highest BCUT2D eigenvalue weighted by Gasteiger charge is 2.26. The zero-order valence-electron chi connectivity index (χ0n) is 16.1. The van der Waals surface area contributed by atoms with Crippen molar-refractivity contribution < 1.29 is 43.4 Å². The molecule has 2 N–H and O–H groups in total. The smallest absolute Gasteiger partial charge is 0.151 e. The van der Waals surface area contributed by atoms with E-state index in [-0.39, 0.29) is 0 Å². The molecule has 9 nitrogen and oxygen atoms in total. The third kappa shape index (κ3) is 16.3. The Bertz CT molecular complexity index is 325. The van der Waals surface area contributed by atoms with Crippen LogP contribution in [0.1, 0.15) is 19.8 Å². The molecular weight excluding hydrogens is 360 g/mol. The van der Waals surface area contributed by atoms with Crippen LogP contribution in [0.3, 0.4) is 0 Å². The van der Waals surface area contributed by atoms with E-state index in [0.29, 0.717) is 57.3 Å². The van der Waals surface area contributed by atoms with Crippen molar-refractivity contribution in [3.05, 3.63) is 0 Å². The number of ether oxygens (including phenoxy) is 7. The molecule has 4 aliphatic heterocycles. The molecule has 27 heavy (non-hydrogen) atoms. The fraction of sp³-hybridized carbons (Fsp3) is 1.00. The summed E-state index contributed by atoms with van der Waals surface area (Å²) in [6.45, 7) is 9.62. The number of aliphatic hydroxyl groups excluding tert-OH is 1. The lowest BCUT2D eigenvalue weighted by atomic mass is 10.3. The summed E-state index contributed by atoms with van der Waals surface area (Å²) in [6, 6.07) is 0. The average Bonchev–Trinajstić information content (AvgIpc) is 3.46. The van der Waals surface area contributed by atoms with Gasteiger partial charge in [-0.2, -0.15) is 0 Å². The predicted octanol–water partition coefficient (Wildman–Crippen LogP) is -0.285. The Morgan fingerprint density at radius 2 is 1.04 bits per heavy atom. The third-order valence-electron chi connectivity index (χ3n) is 3.74. The molecule has 0 aromatic rings. The maximum atomic E-state index is 8.11. The molecule has 0 aromatic carbocycles. The zero-order valence-corrected chi connectivity index (χ0v) is 16.1. The van der Waals surface area contributed by atoms with Crippen LogP contribution < -0.4 is 0 Å². The van der Waals surface area contributed by atoms with Crippen LogP contribution in [0.4, 0.5) is 0 Å². The molecule has 4 fully saturated rings. The maximum Gasteiger partial charge on any atom is 0.151 e. The van der Waals surface area contributed by atoms with Gasteiger partial charge in [0.1, 0.15) is 24.4 Å². The van der Waals surface area contributed by atoms with Crippen molar-refractivity contribution in [3.63, 3.8) is 0 Å². The SMILES string of the molecule is C(COCC1CO1)OCC1CO1.C(OCC1CO1)C1CO1.CCCC(O)O. The molecule has 4 atom stereocenters. The minimum absolute atomic E-state index is 0.358. The lowest BCUT2D eigenvalue weighted by Crippen LogP contribution is -2.10. The summed E-state index contributed by atoms with van der Waals surface area (Å²) >= 11 is 0. The summed E-state index contributed by atoms with van der Waals surface area (Å²) in [5.41, 5.74) is 0. The second kappa shape index (κ2) is 13.8. The van der Waals surface area contributed by atoms with E-state index in [4.69, 9.17) is 43.4 Å². The van der Waals surface area contributed by atoms with Crippen LogP contribution in [0.25, 0.3) is 0 Å². The number of epoxide rings is 4. The molecule has 0 radical (unpaired) electrons. The zero-order chi connectivity index (χ0) is 19.3. The second-order valence-electron chi connectivity index (χ2n) is 6.78. The molecule has 0 saturated carbocycles. The van der Waals surface area contributed by atoms with Gasteiger partial charge in [0.15, 0.2) is 6.29 Å². The average molecular weight is 394 g/mol. The van der Waals surface area contributed by atoms with Gasteiger partial charge < -0.3 is 43.4 Å². The van der Waals surface area contributed by atoms with Crippen LogP contribution in [0.2, 0.25) is 0 Å². The summed E-state index contributed by atoms with van der Waals surface area (Å²) in [6.07, 6.45) is 1.72. The highest BCUT2D eigenvalue weighted by atomic mass is 16.6. The van der Waals surface area contributed by atoms with E-state index in [1.165, 1.54) is 0 Å². The maximum absolute atomic E-state index is 8.11. The molecule has 4 aliphatic rings. The fourth-order valence-electron chi connectivity index (χ4n) is 1.79. The molecule has 0 amide bonds. The van der Waals surface area contributed by atoms with E-state index in [9.17, 15) is 0 Å². The molecule has 0 aromatic heterocycles. The van der Waals surface area contributed by atoms with E-state index in [1.807, 2.05) is 6.92 Å². The first-order valence-corrected chi connectivity index (χ1v) is 9.73. The van der Waals surface area contributed by atoms with E-state index in [2.05, 4.69) is 0 Å². The lowest BCUT2D eigenvalue weighted by Gasteiger charge is -2.02. The molecule has 160 valence electrons. The van der Waals surface area contributed by atoms with Gasteiger partial charge in [0.2, 0.25) is 0 Å². The predicted molar refractivity (Wildman–Crippen MR) is 94.6 cm³/mol. The van der Waals surface area contributed by atoms with Gasteiger partial charge in [-0.3, -0.25) is 0 Å². The lowest BCUT2D eigenvalue weighted by molar-refractivity contribution is -0.0453. The summed E-state index contributed by atoms with van der Waals surface area (Å²) in [5.74, 6) is 0. The minimum Gasteiger partial charge on any atom is -0.376 e. The Morgan fingerprint density at radius 1 is 0.704 bits per heavy atom. The minimum atomic E-state index is -1.10.